The van der Waals surface area contributed by atoms with E-state index in [1.165, 1.54) is 6.07 Å². The molecule has 0 bridgehead atoms. The summed E-state index contributed by atoms with van der Waals surface area (Å²) in [5.41, 5.74) is -0.123. The second-order valence-electron chi connectivity index (χ2n) is 9.85. The molecule has 2 saturated carbocycles. The standard InChI is InChI=1S/C24H29F2NO6/c25-14-7-8-16(15(26)13-14)27-21(28)19-17-18(31-23(30-17)9-3-1-4-10-23)20-22(29-19)33-24(32-20)11-5-2-6-12-24/h7-8,13,17-20,22H,1-6,9-12H2,(H,27,28)/t17-,18+,19?,20-,22-/m1/s1. The van der Waals surface area contributed by atoms with Gasteiger partial charge in [0.25, 0.3) is 5.91 Å². The Labute approximate surface area is 191 Å². The third-order valence-corrected chi connectivity index (χ3v) is 7.56. The third-order valence-electron chi connectivity index (χ3n) is 7.56. The average molecular weight is 465 g/mol. The molecule has 9 heteroatoms. The van der Waals surface area contributed by atoms with Gasteiger partial charge in [-0.15, -0.1) is 0 Å². The van der Waals surface area contributed by atoms with Crippen molar-refractivity contribution in [3.63, 3.8) is 0 Å². The van der Waals surface area contributed by atoms with Gasteiger partial charge in [-0.25, -0.2) is 8.78 Å². The summed E-state index contributed by atoms with van der Waals surface area (Å²) in [5, 5.41) is 2.52. The van der Waals surface area contributed by atoms with Crippen molar-refractivity contribution in [1.29, 1.82) is 0 Å². The van der Waals surface area contributed by atoms with Gasteiger partial charge >= 0.3 is 0 Å². The van der Waals surface area contributed by atoms with E-state index in [0.29, 0.717) is 0 Å². The largest absolute Gasteiger partial charge is 0.341 e. The molecule has 1 aromatic rings. The first-order valence-electron chi connectivity index (χ1n) is 12.1. The number of halogens is 2. The molecule has 2 aliphatic carbocycles. The highest BCUT2D eigenvalue weighted by Crippen LogP contribution is 2.51. The van der Waals surface area contributed by atoms with Gasteiger partial charge in [0.1, 0.15) is 29.9 Å². The van der Waals surface area contributed by atoms with Crippen LogP contribution < -0.4 is 5.32 Å². The summed E-state index contributed by atoms with van der Waals surface area (Å²) in [5.74, 6) is -3.65. The topological polar surface area (TPSA) is 75.3 Å². The van der Waals surface area contributed by atoms with E-state index in [1.807, 2.05) is 0 Å². The highest BCUT2D eigenvalue weighted by Gasteiger charge is 2.65. The first-order valence-corrected chi connectivity index (χ1v) is 12.1. The van der Waals surface area contributed by atoms with Crippen molar-refractivity contribution in [3.05, 3.63) is 29.8 Å². The average Bonchev–Trinajstić information content (AvgIpc) is 3.34. The molecule has 0 aromatic heterocycles. The normalized spacial score (nSPS) is 36.5. The van der Waals surface area contributed by atoms with Crippen LogP contribution in [0.15, 0.2) is 18.2 Å². The lowest BCUT2D eigenvalue weighted by Crippen LogP contribution is -2.58. The predicted octanol–water partition coefficient (Wildman–Crippen LogP) is 4.15. The molecular weight excluding hydrogens is 436 g/mol. The van der Waals surface area contributed by atoms with Crippen LogP contribution in [0.4, 0.5) is 14.5 Å². The van der Waals surface area contributed by atoms with Crippen LogP contribution in [0.25, 0.3) is 0 Å². The Bertz CT molecular complexity index is 916. The minimum Gasteiger partial charge on any atom is -0.341 e. The van der Waals surface area contributed by atoms with Gasteiger partial charge in [-0.2, -0.15) is 0 Å². The summed E-state index contributed by atoms with van der Waals surface area (Å²) in [6.07, 6.45) is 5.63. The minimum absolute atomic E-state index is 0.123. The number of ether oxygens (including phenoxy) is 5. The lowest BCUT2D eigenvalue weighted by atomic mass is 9.94. The van der Waals surface area contributed by atoms with Crippen LogP contribution in [0.2, 0.25) is 0 Å². The van der Waals surface area contributed by atoms with Gasteiger partial charge < -0.3 is 29.0 Å². The van der Waals surface area contributed by atoms with E-state index in [2.05, 4.69) is 5.32 Å². The van der Waals surface area contributed by atoms with Crippen LogP contribution >= 0.6 is 0 Å². The molecule has 1 aromatic carbocycles. The summed E-state index contributed by atoms with van der Waals surface area (Å²) in [7, 11) is 0. The molecule has 2 spiro atoms. The van der Waals surface area contributed by atoms with Crippen LogP contribution in [0.5, 0.6) is 0 Å². The van der Waals surface area contributed by atoms with E-state index in [9.17, 15) is 13.6 Å². The van der Waals surface area contributed by atoms with E-state index in [-0.39, 0.29) is 5.69 Å². The maximum absolute atomic E-state index is 14.2. The molecule has 0 radical (unpaired) electrons. The number of fused-ring (bicyclic) bond motifs is 3. The Morgan fingerprint density at radius 3 is 2.09 bits per heavy atom. The number of anilines is 1. The molecule has 1 amide bonds. The fraction of sp³-hybridized carbons (Fsp3) is 0.708. The third kappa shape index (κ3) is 3.87. The molecule has 1 N–H and O–H groups in total. The van der Waals surface area contributed by atoms with Crippen molar-refractivity contribution in [2.45, 2.75) is 106 Å². The molecular formula is C24H29F2NO6. The van der Waals surface area contributed by atoms with Crippen molar-refractivity contribution in [3.8, 4) is 0 Å². The van der Waals surface area contributed by atoms with Crippen molar-refractivity contribution < 1.29 is 37.3 Å². The zero-order chi connectivity index (χ0) is 22.6. The lowest BCUT2D eigenvalue weighted by Gasteiger charge is -2.36. The van der Waals surface area contributed by atoms with Crippen molar-refractivity contribution in [2.75, 3.05) is 5.32 Å². The molecule has 6 rings (SSSR count). The van der Waals surface area contributed by atoms with Gasteiger partial charge in [-0.1, -0.05) is 12.8 Å². The lowest BCUT2D eigenvalue weighted by molar-refractivity contribution is -0.246. The van der Waals surface area contributed by atoms with Crippen LogP contribution in [-0.4, -0.2) is 48.2 Å². The van der Waals surface area contributed by atoms with Gasteiger partial charge in [0.15, 0.2) is 24.0 Å². The molecule has 3 heterocycles. The SMILES string of the molecule is O=C(Nc1ccc(F)cc1F)C1O[C@@H]2OC3(CCCCC3)O[C@@H]2[C@H]2OC3(CCCCC3)O[C@@H]12. The Hall–Kier alpha value is -1.65. The smallest absolute Gasteiger partial charge is 0.256 e. The van der Waals surface area contributed by atoms with Crippen molar-refractivity contribution in [2.24, 2.45) is 0 Å². The number of carbonyl (C=O) groups is 1. The first kappa shape index (κ1) is 21.9. The Morgan fingerprint density at radius 2 is 1.42 bits per heavy atom. The zero-order valence-electron chi connectivity index (χ0n) is 18.4. The maximum atomic E-state index is 14.2. The molecule has 3 aliphatic heterocycles. The van der Waals surface area contributed by atoms with Crippen molar-refractivity contribution >= 4 is 11.6 Å². The molecule has 33 heavy (non-hydrogen) atoms. The first-order chi connectivity index (χ1) is 16.0. The fourth-order valence-corrected chi connectivity index (χ4v) is 5.96. The van der Waals surface area contributed by atoms with Gasteiger partial charge in [-0.05, 0) is 37.8 Å². The molecule has 7 nitrogen and oxygen atoms in total. The summed E-state index contributed by atoms with van der Waals surface area (Å²) in [6, 6.07) is 3.00. The van der Waals surface area contributed by atoms with Crippen molar-refractivity contribution in [1.82, 2.24) is 0 Å². The number of amides is 1. The van der Waals surface area contributed by atoms with E-state index >= 15 is 0 Å². The number of hydrogen-bond donors (Lipinski definition) is 1. The Balaban J connectivity index is 1.28. The number of nitrogens with one attached hydrogen (secondary N) is 1. The van der Waals surface area contributed by atoms with Gasteiger partial charge in [0.2, 0.25) is 0 Å². The highest BCUT2D eigenvalue weighted by atomic mass is 19.1. The van der Waals surface area contributed by atoms with Gasteiger partial charge in [0, 0.05) is 31.7 Å². The number of hydrogen-bond acceptors (Lipinski definition) is 6. The maximum Gasteiger partial charge on any atom is 0.256 e. The second kappa shape index (κ2) is 8.23. The van der Waals surface area contributed by atoms with E-state index in [1.54, 1.807) is 0 Å². The molecule has 5 atom stereocenters. The van der Waals surface area contributed by atoms with Crippen LogP contribution in [0.1, 0.15) is 64.2 Å². The molecule has 5 aliphatic rings. The number of carbonyl (C=O) groups excluding carboxylic acids is 1. The quantitative estimate of drug-likeness (QED) is 0.708. The van der Waals surface area contributed by atoms with Crippen LogP contribution in [0, 0.1) is 11.6 Å². The molecule has 1 unspecified atom stereocenters. The zero-order valence-corrected chi connectivity index (χ0v) is 18.4. The van der Waals surface area contributed by atoms with E-state index < -0.39 is 59.8 Å². The fourth-order valence-electron chi connectivity index (χ4n) is 5.96. The predicted molar refractivity (Wildman–Crippen MR) is 111 cm³/mol. The Morgan fingerprint density at radius 1 is 0.818 bits per heavy atom. The summed E-state index contributed by atoms with van der Waals surface area (Å²) >= 11 is 0. The molecule has 5 fully saturated rings. The van der Waals surface area contributed by atoms with E-state index in [0.717, 1.165) is 76.3 Å². The van der Waals surface area contributed by atoms with Gasteiger partial charge in [-0.3, -0.25) is 4.79 Å². The molecule has 3 saturated heterocycles. The number of rotatable bonds is 2. The van der Waals surface area contributed by atoms with Crippen LogP contribution in [0.3, 0.4) is 0 Å². The second-order valence-corrected chi connectivity index (χ2v) is 9.85. The number of benzene rings is 1. The molecule has 180 valence electrons. The van der Waals surface area contributed by atoms with Gasteiger partial charge in [0.05, 0.1) is 5.69 Å². The van der Waals surface area contributed by atoms with Crippen LogP contribution in [-0.2, 0) is 28.5 Å². The summed E-state index contributed by atoms with van der Waals surface area (Å²) in [4.78, 5) is 13.2. The summed E-state index contributed by atoms with van der Waals surface area (Å²) in [6.45, 7) is 0. The summed E-state index contributed by atoms with van der Waals surface area (Å²) < 4.78 is 59.2. The Kier molecular flexibility index (Phi) is 5.45. The van der Waals surface area contributed by atoms with E-state index in [4.69, 9.17) is 23.7 Å². The minimum atomic E-state index is -1.08. The monoisotopic (exact) mass is 465 g/mol. The highest BCUT2D eigenvalue weighted by molar-refractivity contribution is 5.95.